The maximum Gasteiger partial charge on any atom is 0.251 e. The molecular weight excluding hydrogens is 230 g/mol. The Balaban J connectivity index is 2.36. The Kier molecular flexibility index (Phi) is 5.87. The summed E-state index contributed by atoms with van der Waals surface area (Å²) in [4.78, 5) is 24.9. The number of nitrogens with one attached hydrogen (secondary N) is 2. The number of hydrogen-bond acceptors (Lipinski definition) is 3. The van der Waals surface area contributed by atoms with Crippen LogP contribution in [0.3, 0.4) is 0 Å². The highest BCUT2D eigenvalue weighted by Gasteiger charge is 2.10. The van der Waals surface area contributed by atoms with Gasteiger partial charge < -0.3 is 15.5 Å². The Hall–Kier alpha value is -1.88. The van der Waals surface area contributed by atoms with Crippen molar-refractivity contribution in [1.82, 2.24) is 15.5 Å². The second kappa shape index (κ2) is 7.45. The minimum atomic E-state index is -0.231. The molecule has 0 fully saturated rings. The number of amides is 2. The zero-order valence-electron chi connectivity index (χ0n) is 10.8. The van der Waals surface area contributed by atoms with Crippen LogP contribution in [0.2, 0.25) is 0 Å². The van der Waals surface area contributed by atoms with Gasteiger partial charge in [0.2, 0.25) is 5.91 Å². The lowest BCUT2D eigenvalue weighted by molar-refractivity contribution is -0.128. The molecule has 2 N–H and O–H groups in total. The van der Waals surface area contributed by atoms with E-state index in [0.29, 0.717) is 12.1 Å². The lowest BCUT2D eigenvalue weighted by Gasteiger charge is -2.17. The van der Waals surface area contributed by atoms with E-state index in [-0.39, 0.29) is 18.4 Å². The van der Waals surface area contributed by atoms with Crippen LogP contribution in [0.5, 0.6) is 0 Å². The van der Waals surface area contributed by atoms with Crippen molar-refractivity contribution in [3.63, 3.8) is 0 Å². The van der Waals surface area contributed by atoms with Crippen molar-refractivity contribution in [1.29, 1.82) is 0 Å². The molecule has 0 radical (unpaired) electrons. The van der Waals surface area contributed by atoms with Gasteiger partial charge in [0.25, 0.3) is 5.91 Å². The standard InChI is InChI=1S/C13H19N3O2/c1-14-8-9-16(2)12(17)10-15-13(18)11-6-4-3-5-7-11/h3-7,14H,8-10H2,1-2H3,(H,15,18). The highest BCUT2D eigenvalue weighted by atomic mass is 16.2. The zero-order chi connectivity index (χ0) is 13.4. The number of benzene rings is 1. The number of hydrogen-bond donors (Lipinski definition) is 2. The van der Waals surface area contributed by atoms with Crippen LogP contribution in [-0.2, 0) is 4.79 Å². The van der Waals surface area contributed by atoms with Crippen molar-refractivity contribution in [2.45, 2.75) is 0 Å². The monoisotopic (exact) mass is 249 g/mol. The molecule has 0 aliphatic carbocycles. The Morgan fingerprint density at radius 2 is 1.89 bits per heavy atom. The first kappa shape index (κ1) is 14.2. The summed E-state index contributed by atoms with van der Waals surface area (Å²) in [6.07, 6.45) is 0. The summed E-state index contributed by atoms with van der Waals surface area (Å²) in [5, 5.41) is 5.57. The molecule has 0 aliphatic rings. The van der Waals surface area contributed by atoms with Gasteiger partial charge in [-0.15, -0.1) is 0 Å². The Bertz CT molecular complexity index is 392. The van der Waals surface area contributed by atoms with Gasteiger partial charge in [0.1, 0.15) is 0 Å². The quantitative estimate of drug-likeness (QED) is 0.751. The fourth-order valence-electron chi connectivity index (χ4n) is 1.39. The number of likely N-dealkylation sites (N-methyl/N-ethyl adjacent to an activating group) is 2. The smallest absolute Gasteiger partial charge is 0.251 e. The predicted octanol–water partition coefficient (Wildman–Crippen LogP) is 0.0942. The third kappa shape index (κ3) is 4.55. The molecule has 2 amide bonds. The van der Waals surface area contributed by atoms with Crippen LogP contribution in [0.4, 0.5) is 0 Å². The van der Waals surface area contributed by atoms with E-state index in [9.17, 15) is 9.59 Å². The van der Waals surface area contributed by atoms with Gasteiger partial charge in [-0.3, -0.25) is 9.59 Å². The van der Waals surface area contributed by atoms with Crippen LogP contribution in [0.1, 0.15) is 10.4 Å². The molecule has 1 aromatic carbocycles. The zero-order valence-corrected chi connectivity index (χ0v) is 10.8. The number of nitrogens with zero attached hydrogens (tertiary/aromatic N) is 1. The molecule has 18 heavy (non-hydrogen) atoms. The predicted molar refractivity (Wildman–Crippen MR) is 70.3 cm³/mol. The van der Waals surface area contributed by atoms with Crippen molar-refractivity contribution >= 4 is 11.8 Å². The van der Waals surface area contributed by atoms with E-state index in [1.807, 2.05) is 13.1 Å². The van der Waals surface area contributed by atoms with E-state index in [4.69, 9.17) is 0 Å². The summed E-state index contributed by atoms with van der Waals surface area (Å²) in [6.45, 7) is 1.37. The molecule has 0 aliphatic heterocycles. The Morgan fingerprint density at radius 1 is 1.22 bits per heavy atom. The third-order valence-electron chi connectivity index (χ3n) is 2.56. The van der Waals surface area contributed by atoms with Crippen LogP contribution in [0.25, 0.3) is 0 Å². The highest BCUT2D eigenvalue weighted by molar-refractivity contribution is 5.96. The van der Waals surface area contributed by atoms with Crippen LogP contribution < -0.4 is 10.6 Å². The summed E-state index contributed by atoms with van der Waals surface area (Å²) >= 11 is 0. The Labute approximate surface area is 107 Å². The van der Waals surface area contributed by atoms with Gasteiger partial charge >= 0.3 is 0 Å². The van der Waals surface area contributed by atoms with Crippen molar-refractivity contribution < 1.29 is 9.59 Å². The van der Waals surface area contributed by atoms with Gasteiger partial charge in [0, 0.05) is 25.7 Å². The second-order valence-corrected chi connectivity index (χ2v) is 3.97. The molecule has 0 bridgehead atoms. The fraction of sp³-hybridized carbons (Fsp3) is 0.385. The lowest BCUT2D eigenvalue weighted by atomic mass is 10.2. The molecule has 98 valence electrons. The van der Waals surface area contributed by atoms with Gasteiger partial charge in [-0.1, -0.05) is 18.2 Å². The summed E-state index contributed by atoms with van der Waals surface area (Å²) in [6, 6.07) is 8.84. The summed E-state index contributed by atoms with van der Waals surface area (Å²) in [7, 11) is 3.55. The minimum absolute atomic E-state index is 0.0218. The average molecular weight is 249 g/mol. The van der Waals surface area contributed by atoms with Crippen molar-refractivity contribution in [2.24, 2.45) is 0 Å². The maximum absolute atomic E-state index is 11.7. The normalized spacial score (nSPS) is 9.89. The first-order valence-corrected chi connectivity index (χ1v) is 5.87. The van der Waals surface area contributed by atoms with Gasteiger partial charge in [0.15, 0.2) is 0 Å². The summed E-state index contributed by atoms with van der Waals surface area (Å²) < 4.78 is 0. The SMILES string of the molecule is CNCCN(C)C(=O)CNC(=O)c1ccccc1. The molecule has 5 nitrogen and oxygen atoms in total. The highest BCUT2D eigenvalue weighted by Crippen LogP contribution is 1.97. The molecule has 0 saturated heterocycles. The van der Waals surface area contributed by atoms with Gasteiger partial charge in [0.05, 0.1) is 6.54 Å². The fourth-order valence-corrected chi connectivity index (χ4v) is 1.39. The molecule has 5 heteroatoms. The van der Waals surface area contributed by atoms with Crippen molar-refractivity contribution in [3.05, 3.63) is 35.9 Å². The van der Waals surface area contributed by atoms with Crippen molar-refractivity contribution in [3.8, 4) is 0 Å². The van der Waals surface area contributed by atoms with Gasteiger partial charge in [-0.2, -0.15) is 0 Å². The first-order valence-electron chi connectivity index (χ1n) is 5.87. The van der Waals surface area contributed by atoms with E-state index < -0.39 is 0 Å². The molecule has 0 saturated carbocycles. The second-order valence-electron chi connectivity index (χ2n) is 3.97. The Morgan fingerprint density at radius 3 is 2.50 bits per heavy atom. The minimum Gasteiger partial charge on any atom is -0.343 e. The number of carbonyl (C=O) groups excluding carboxylic acids is 2. The third-order valence-corrected chi connectivity index (χ3v) is 2.56. The van der Waals surface area contributed by atoms with Crippen LogP contribution >= 0.6 is 0 Å². The van der Waals surface area contributed by atoms with E-state index in [1.165, 1.54) is 0 Å². The van der Waals surface area contributed by atoms with Crippen molar-refractivity contribution in [2.75, 3.05) is 33.7 Å². The van der Waals surface area contributed by atoms with Crippen LogP contribution in [0.15, 0.2) is 30.3 Å². The van der Waals surface area contributed by atoms with Gasteiger partial charge in [-0.05, 0) is 19.2 Å². The summed E-state index contributed by atoms with van der Waals surface area (Å²) in [5.74, 6) is -0.333. The molecule has 0 heterocycles. The van der Waals surface area contributed by atoms with Crippen LogP contribution in [-0.4, -0.2) is 50.4 Å². The molecule has 1 aromatic rings. The topological polar surface area (TPSA) is 61.4 Å². The number of rotatable bonds is 6. The molecule has 0 unspecified atom stereocenters. The van der Waals surface area contributed by atoms with E-state index >= 15 is 0 Å². The maximum atomic E-state index is 11.7. The molecule has 0 aromatic heterocycles. The van der Waals surface area contributed by atoms with E-state index in [2.05, 4.69) is 10.6 Å². The molecule has 0 atom stereocenters. The average Bonchev–Trinajstić information content (AvgIpc) is 2.42. The first-order chi connectivity index (χ1) is 8.65. The molecule has 0 spiro atoms. The summed E-state index contributed by atoms with van der Waals surface area (Å²) in [5.41, 5.74) is 0.558. The molecule has 1 rings (SSSR count). The largest absolute Gasteiger partial charge is 0.343 e. The molecular formula is C13H19N3O2. The lowest BCUT2D eigenvalue weighted by Crippen LogP contribution is -2.40. The van der Waals surface area contributed by atoms with Crippen LogP contribution in [0, 0.1) is 0 Å². The van der Waals surface area contributed by atoms with Gasteiger partial charge in [-0.25, -0.2) is 0 Å². The van der Waals surface area contributed by atoms with E-state index in [0.717, 1.165) is 6.54 Å². The van der Waals surface area contributed by atoms with E-state index in [1.54, 1.807) is 36.2 Å². The number of carbonyl (C=O) groups is 2.